The molecule has 3 N–H and O–H groups in total. The lowest BCUT2D eigenvalue weighted by Crippen LogP contribution is -2.17. The van der Waals surface area contributed by atoms with E-state index in [9.17, 15) is 15.0 Å². The van der Waals surface area contributed by atoms with Crippen molar-refractivity contribution in [1.29, 1.82) is 0 Å². The molecule has 1 heterocycles. The van der Waals surface area contributed by atoms with E-state index in [1.54, 1.807) is 24.3 Å². The maximum Gasteiger partial charge on any atom is 0.271 e. The molecule has 7 heteroatoms. The van der Waals surface area contributed by atoms with Crippen LogP contribution < -0.4 is 14.9 Å². The SMILES string of the molecule is O=C(NN=Cc1ccc(O)c(O)c1)c1ccc2c(c1)OCO2. The van der Waals surface area contributed by atoms with Crippen molar-refractivity contribution in [3.63, 3.8) is 0 Å². The van der Waals surface area contributed by atoms with Crippen molar-refractivity contribution < 1.29 is 24.5 Å². The Kier molecular flexibility index (Phi) is 3.53. The number of phenolic OH excluding ortho intramolecular Hbond substituents is 2. The third kappa shape index (κ3) is 2.78. The van der Waals surface area contributed by atoms with E-state index < -0.39 is 5.91 Å². The average molecular weight is 300 g/mol. The van der Waals surface area contributed by atoms with Crippen LogP contribution in [0, 0.1) is 0 Å². The smallest absolute Gasteiger partial charge is 0.271 e. The minimum absolute atomic E-state index is 0.142. The predicted octanol–water partition coefficient (Wildman–Crippen LogP) is 1.59. The molecule has 2 aromatic rings. The Bertz CT molecular complexity index is 758. The van der Waals surface area contributed by atoms with Crippen LogP contribution in [0.2, 0.25) is 0 Å². The number of nitrogens with zero attached hydrogens (tertiary/aromatic N) is 1. The first-order valence-corrected chi connectivity index (χ1v) is 6.38. The minimum atomic E-state index is -0.405. The topological polar surface area (TPSA) is 100 Å². The first-order chi connectivity index (χ1) is 10.6. The molecule has 22 heavy (non-hydrogen) atoms. The molecule has 0 aromatic heterocycles. The third-order valence-corrected chi connectivity index (χ3v) is 3.01. The maximum absolute atomic E-state index is 11.9. The monoisotopic (exact) mass is 300 g/mol. The van der Waals surface area contributed by atoms with E-state index in [0.29, 0.717) is 22.6 Å². The zero-order valence-electron chi connectivity index (χ0n) is 11.3. The van der Waals surface area contributed by atoms with Gasteiger partial charge in [-0.3, -0.25) is 4.79 Å². The summed E-state index contributed by atoms with van der Waals surface area (Å²) in [6.45, 7) is 0.142. The number of fused-ring (bicyclic) bond motifs is 1. The molecule has 1 aliphatic heterocycles. The van der Waals surface area contributed by atoms with Gasteiger partial charge >= 0.3 is 0 Å². The first kappa shape index (κ1) is 13.7. The molecule has 2 aromatic carbocycles. The zero-order valence-corrected chi connectivity index (χ0v) is 11.3. The molecule has 0 radical (unpaired) electrons. The second kappa shape index (κ2) is 5.65. The van der Waals surface area contributed by atoms with E-state index in [2.05, 4.69) is 10.5 Å². The molecule has 0 bridgehead atoms. The van der Waals surface area contributed by atoms with Gasteiger partial charge in [0.25, 0.3) is 5.91 Å². The van der Waals surface area contributed by atoms with Gasteiger partial charge in [0.1, 0.15) is 0 Å². The Hall–Kier alpha value is -3.22. The largest absolute Gasteiger partial charge is 0.504 e. The summed E-state index contributed by atoms with van der Waals surface area (Å²) in [7, 11) is 0. The van der Waals surface area contributed by atoms with Gasteiger partial charge < -0.3 is 19.7 Å². The number of hydrazone groups is 1. The highest BCUT2D eigenvalue weighted by molar-refractivity contribution is 5.95. The molecule has 7 nitrogen and oxygen atoms in total. The Morgan fingerprint density at radius 1 is 1.09 bits per heavy atom. The van der Waals surface area contributed by atoms with Crippen molar-refractivity contribution in [3.8, 4) is 23.0 Å². The van der Waals surface area contributed by atoms with Crippen molar-refractivity contribution in [2.24, 2.45) is 5.10 Å². The Balaban J connectivity index is 1.66. The molecule has 0 atom stereocenters. The van der Waals surface area contributed by atoms with Gasteiger partial charge in [-0.1, -0.05) is 0 Å². The van der Waals surface area contributed by atoms with Crippen LogP contribution in [0.1, 0.15) is 15.9 Å². The molecule has 0 saturated heterocycles. The highest BCUT2D eigenvalue weighted by Gasteiger charge is 2.15. The van der Waals surface area contributed by atoms with Crippen LogP contribution in [0.4, 0.5) is 0 Å². The number of carbonyl (C=O) groups excluding carboxylic acids is 1. The summed E-state index contributed by atoms with van der Waals surface area (Å²) in [6, 6.07) is 9.02. The Morgan fingerprint density at radius 3 is 2.73 bits per heavy atom. The molecule has 3 rings (SSSR count). The maximum atomic E-state index is 11.9. The van der Waals surface area contributed by atoms with Gasteiger partial charge in [-0.15, -0.1) is 0 Å². The van der Waals surface area contributed by atoms with Crippen molar-refractivity contribution in [2.75, 3.05) is 6.79 Å². The van der Waals surface area contributed by atoms with Crippen LogP contribution in [0.5, 0.6) is 23.0 Å². The number of nitrogens with one attached hydrogen (secondary N) is 1. The minimum Gasteiger partial charge on any atom is -0.504 e. The summed E-state index contributed by atoms with van der Waals surface area (Å²) in [5.41, 5.74) is 3.28. The predicted molar refractivity (Wildman–Crippen MR) is 77.4 cm³/mol. The van der Waals surface area contributed by atoms with Gasteiger partial charge in [0.2, 0.25) is 6.79 Å². The second-order valence-electron chi connectivity index (χ2n) is 4.52. The van der Waals surface area contributed by atoms with Gasteiger partial charge in [0.15, 0.2) is 23.0 Å². The standard InChI is InChI=1S/C15H12N2O5/c18-11-3-1-9(5-12(11)19)7-16-17-15(20)10-2-4-13-14(6-10)22-8-21-13/h1-7,18-19H,8H2,(H,17,20). The third-order valence-electron chi connectivity index (χ3n) is 3.01. The van der Waals surface area contributed by atoms with Crippen molar-refractivity contribution in [3.05, 3.63) is 47.5 Å². The van der Waals surface area contributed by atoms with E-state index in [0.717, 1.165) is 0 Å². The van der Waals surface area contributed by atoms with Crippen molar-refractivity contribution in [2.45, 2.75) is 0 Å². The van der Waals surface area contributed by atoms with Gasteiger partial charge in [-0.05, 0) is 42.0 Å². The van der Waals surface area contributed by atoms with Crippen molar-refractivity contribution in [1.82, 2.24) is 5.43 Å². The zero-order chi connectivity index (χ0) is 15.5. The number of ether oxygens (including phenoxy) is 2. The fourth-order valence-electron chi connectivity index (χ4n) is 1.89. The molecule has 1 amide bonds. The number of hydrogen-bond donors (Lipinski definition) is 3. The summed E-state index contributed by atoms with van der Waals surface area (Å²) >= 11 is 0. The van der Waals surface area contributed by atoms with Gasteiger partial charge in [0.05, 0.1) is 6.21 Å². The first-order valence-electron chi connectivity index (χ1n) is 6.38. The lowest BCUT2D eigenvalue weighted by atomic mass is 10.2. The number of hydrogen-bond acceptors (Lipinski definition) is 6. The quantitative estimate of drug-likeness (QED) is 0.454. The number of aromatic hydroxyl groups is 2. The van der Waals surface area contributed by atoms with Crippen LogP contribution in [-0.2, 0) is 0 Å². The van der Waals surface area contributed by atoms with Gasteiger partial charge in [0, 0.05) is 5.56 Å². The van der Waals surface area contributed by atoms with Crippen LogP contribution in [0.25, 0.3) is 0 Å². The molecule has 112 valence electrons. The summed E-state index contributed by atoms with van der Waals surface area (Å²) in [5, 5.41) is 22.3. The van der Waals surface area contributed by atoms with E-state index in [-0.39, 0.29) is 18.3 Å². The normalized spacial score (nSPS) is 12.5. The molecule has 0 aliphatic carbocycles. The molecule has 0 spiro atoms. The van der Waals surface area contributed by atoms with Crippen LogP contribution in [0.3, 0.4) is 0 Å². The number of benzene rings is 2. The molecule has 0 saturated carbocycles. The van der Waals surface area contributed by atoms with E-state index in [1.165, 1.54) is 18.3 Å². The van der Waals surface area contributed by atoms with Gasteiger partial charge in [-0.2, -0.15) is 5.10 Å². The molecule has 0 unspecified atom stereocenters. The number of rotatable bonds is 3. The van der Waals surface area contributed by atoms with Crippen molar-refractivity contribution >= 4 is 12.1 Å². The molecule has 0 fully saturated rings. The van der Waals surface area contributed by atoms with Crippen LogP contribution in [-0.4, -0.2) is 29.1 Å². The average Bonchev–Trinajstić information content (AvgIpc) is 2.98. The summed E-state index contributed by atoms with van der Waals surface area (Å²) in [5.74, 6) is 0.227. The number of amides is 1. The lowest BCUT2D eigenvalue weighted by Gasteiger charge is -2.02. The summed E-state index contributed by atoms with van der Waals surface area (Å²) in [4.78, 5) is 11.9. The second-order valence-corrected chi connectivity index (χ2v) is 4.52. The highest BCUT2D eigenvalue weighted by atomic mass is 16.7. The Morgan fingerprint density at radius 2 is 1.91 bits per heavy atom. The van der Waals surface area contributed by atoms with E-state index in [4.69, 9.17) is 9.47 Å². The van der Waals surface area contributed by atoms with Gasteiger partial charge in [-0.25, -0.2) is 5.43 Å². The highest BCUT2D eigenvalue weighted by Crippen LogP contribution is 2.32. The molecular weight excluding hydrogens is 288 g/mol. The van der Waals surface area contributed by atoms with E-state index in [1.807, 2.05) is 0 Å². The number of carbonyl (C=O) groups is 1. The fraction of sp³-hybridized carbons (Fsp3) is 0.0667. The van der Waals surface area contributed by atoms with E-state index >= 15 is 0 Å². The summed E-state index contributed by atoms with van der Waals surface area (Å²) in [6.07, 6.45) is 1.35. The lowest BCUT2D eigenvalue weighted by molar-refractivity contribution is 0.0954. The fourth-order valence-corrected chi connectivity index (χ4v) is 1.89. The summed E-state index contributed by atoms with van der Waals surface area (Å²) < 4.78 is 10.4. The van der Waals surface area contributed by atoms with Crippen LogP contribution in [0.15, 0.2) is 41.5 Å². The molecule has 1 aliphatic rings. The Labute approximate surface area is 125 Å². The van der Waals surface area contributed by atoms with Crippen LogP contribution >= 0.6 is 0 Å². The molecular formula is C15H12N2O5. The number of phenols is 2.